The van der Waals surface area contributed by atoms with Crippen LogP contribution < -0.4 is 5.63 Å². The molecule has 0 aliphatic heterocycles. The van der Waals surface area contributed by atoms with Crippen molar-refractivity contribution < 1.29 is 19.1 Å². The Kier molecular flexibility index (Phi) is 4.76. The molecular weight excluding hydrogens is 344 g/mol. The van der Waals surface area contributed by atoms with Crippen molar-refractivity contribution in [3.05, 3.63) is 74.6 Å². The van der Waals surface area contributed by atoms with E-state index in [9.17, 15) is 14.7 Å². The number of fused-ring (bicyclic) bond motifs is 1. The molecule has 3 rings (SSSR count). The lowest BCUT2D eigenvalue weighted by atomic mass is 10.1. The highest BCUT2D eigenvalue weighted by molar-refractivity contribution is 6.32. The molecule has 0 amide bonds. The molecule has 25 heavy (non-hydrogen) atoms. The van der Waals surface area contributed by atoms with E-state index >= 15 is 0 Å². The largest absolute Gasteiger partial charge is 0.508 e. The Morgan fingerprint density at radius 3 is 2.56 bits per heavy atom. The molecule has 0 aliphatic rings. The van der Waals surface area contributed by atoms with Crippen molar-refractivity contribution in [1.29, 1.82) is 0 Å². The number of carbonyl (C=O) groups excluding carboxylic acids is 1. The minimum atomic E-state index is -0.558. The molecule has 5 nitrogen and oxygen atoms in total. The van der Waals surface area contributed by atoms with E-state index in [0.29, 0.717) is 33.5 Å². The molecule has 0 radical (unpaired) electrons. The standard InChI is InChI=1S/C19H15ClO5/c1-2-11-7-17-15(9-16(11)20)13(8-18(22)25-17)10-24-19(23)12-3-5-14(21)6-4-12/h3-9,21H,2,10H2,1H3. The van der Waals surface area contributed by atoms with Crippen molar-refractivity contribution in [2.75, 3.05) is 0 Å². The van der Waals surface area contributed by atoms with Crippen molar-refractivity contribution in [3.63, 3.8) is 0 Å². The van der Waals surface area contributed by atoms with E-state index in [-0.39, 0.29) is 12.4 Å². The minimum Gasteiger partial charge on any atom is -0.508 e. The highest BCUT2D eigenvalue weighted by Gasteiger charge is 2.12. The van der Waals surface area contributed by atoms with Crippen molar-refractivity contribution in [2.24, 2.45) is 0 Å². The van der Waals surface area contributed by atoms with Crippen LogP contribution in [-0.2, 0) is 17.8 Å². The van der Waals surface area contributed by atoms with Gasteiger partial charge in [-0.05, 0) is 48.4 Å². The van der Waals surface area contributed by atoms with Gasteiger partial charge in [0.1, 0.15) is 17.9 Å². The second kappa shape index (κ2) is 6.99. The summed E-state index contributed by atoms with van der Waals surface area (Å²) in [6.07, 6.45) is 0.707. The van der Waals surface area contributed by atoms with Crippen molar-refractivity contribution in [3.8, 4) is 5.75 Å². The number of benzene rings is 2. The van der Waals surface area contributed by atoms with Gasteiger partial charge in [0.15, 0.2) is 0 Å². The number of aryl methyl sites for hydroxylation is 1. The fourth-order valence-corrected chi connectivity index (χ4v) is 2.80. The Labute approximate surface area is 148 Å². The van der Waals surface area contributed by atoms with Crippen molar-refractivity contribution in [1.82, 2.24) is 0 Å². The first-order valence-electron chi connectivity index (χ1n) is 7.69. The molecule has 128 valence electrons. The van der Waals surface area contributed by atoms with Crippen LogP contribution in [0.5, 0.6) is 5.75 Å². The molecule has 6 heteroatoms. The van der Waals surface area contributed by atoms with Gasteiger partial charge in [-0.1, -0.05) is 18.5 Å². The summed E-state index contributed by atoms with van der Waals surface area (Å²) in [5.41, 5.74) is 1.58. The molecule has 1 aromatic heterocycles. The van der Waals surface area contributed by atoms with Crippen LogP contribution in [0, 0.1) is 0 Å². The molecular formula is C19H15ClO5. The first-order valence-corrected chi connectivity index (χ1v) is 8.07. The molecule has 2 aromatic carbocycles. The van der Waals surface area contributed by atoms with Gasteiger partial charge in [0.2, 0.25) is 0 Å². The second-order valence-electron chi connectivity index (χ2n) is 5.51. The number of halogens is 1. The van der Waals surface area contributed by atoms with Crippen LogP contribution in [-0.4, -0.2) is 11.1 Å². The fraction of sp³-hybridized carbons (Fsp3) is 0.158. The predicted molar refractivity (Wildman–Crippen MR) is 94.1 cm³/mol. The van der Waals surface area contributed by atoms with Crippen LogP contribution in [0.4, 0.5) is 0 Å². The molecule has 0 bridgehead atoms. The summed E-state index contributed by atoms with van der Waals surface area (Å²) in [5, 5.41) is 10.4. The summed E-state index contributed by atoms with van der Waals surface area (Å²) in [7, 11) is 0. The molecule has 0 saturated carbocycles. The van der Waals surface area contributed by atoms with Gasteiger partial charge >= 0.3 is 11.6 Å². The number of phenolic OH excluding ortho intramolecular Hbond substituents is 1. The van der Waals surface area contributed by atoms with Gasteiger partial charge < -0.3 is 14.3 Å². The van der Waals surface area contributed by atoms with Crippen LogP contribution >= 0.6 is 11.6 Å². The maximum Gasteiger partial charge on any atom is 0.338 e. The van der Waals surface area contributed by atoms with Crippen molar-refractivity contribution >= 4 is 28.5 Å². The number of esters is 1. The number of aromatic hydroxyl groups is 1. The number of carbonyl (C=O) groups is 1. The maximum atomic E-state index is 12.1. The Hall–Kier alpha value is -2.79. The predicted octanol–water partition coefficient (Wildman–Crippen LogP) is 4.07. The molecule has 0 aliphatic carbocycles. The van der Waals surface area contributed by atoms with Gasteiger partial charge in [-0.3, -0.25) is 0 Å². The molecule has 1 N–H and O–H groups in total. The Bertz CT molecular complexity index is 989. The molecule has 3 aromatic rings. The van der Waals surface area contributed by atoms with E-state index in [2.05, 4.69) is 0 Å². The zero-order valence-electron chi connectivity index (χ0n) is 13.4. The Morgan fingerprint density at radius 2 is 1.88 bits per heavy atom. The Balaban J connectivity index is 1.90. The first kappa shape index (κ1) is 17.0. The first-order chi connectivity index (χ1) is 12.0. The molecule has 0 saturated heterocycles. The quantitative estimate of drug-likeness (QED) is 0.562. The molecule has 0 spiro atoms. The number of hydrogen-bond donors (Lipinski definition) is 1. The average Bonchev–Trinajstić information content (AvgIpc) is 2.60. The van der Waals surface area contributed by atoms with Gasteiger partial charge in [-0.2, -0.15) is 0 Å². The monoisotopic (exact) mass is 358 g/mol. The normalized spacial score (nSPS) is 10.8. The number of ether oxygens (including phenoxy) is 1. The zero-order chi connectivity index (χ0) is 18.0. The van der Waals surface area contributed by atoms with Crippen LogP contribution in [0.25, 0.3) is 11.0 Å². The fourth-order valence-electron chi connectivity index (χ4n) is 2.50. The summed E-state index contributed by atoms with van der Waals surface area (Å²) in [4.78, 5) is 23.9. The van der Waals surface area contributed by atoms with E-state index in [0.717, 1.165) is 5.56 Å². The van der Waals surface area contributed by atoms with E-state index in [4.69, 9.17) is 20.8 Å². The smallest absolute Gasteiger partial charge is 0.338 e. The van der Waals surface area contributed by atoms with Crippen LogP contribution in [0.1, 0.15) is 28.4 Å². The molecule has 0 unspecified atom stereocenters. The summed E-state index contributed by atoms with van der Waals surface area (Å²) in [5.74, 6) is -0.498. The van der Waals surface area contributed by atoms with Gasteiger partial charge in [0.25, 0.3) is 0 Å². The second-order valence-corrected chi connectivity index (χ2v) is 5.91. The third-order valence-electron chi connectivity index (χ3n) is 3.84. The van der Waals surface area contributed by atoms with Crippen LogP contribution in [0.3, 0.4) is 0 Å². The molecule has 0 atom stereocenters. The molecule has 1 heterocycles. The van der Waals surface area contributed by atoms with Gasteiger partial charge in [-0.15, -0.1) is 0 Å². The zero-order valence-corrected chi connectivity index (χ0v) is 14.2. The average molecular weight is 359 g/mol. The van der Waals surface area contributed by atoms with E-state index in [1.807, 2.05) is 6.92 Å². The lowest BCUT2D eigenvalue weighted by Crippen LogP contribution is -2.08. The number of phenols is 1. The maximum absolute atomic E-state index is 12.1. The highest BCUT2D eigenvalue weighted by atomic mass is 35.5. The summed E-state index contributed by atoms with van der Waals surface area (Å²) in [6.45, 7) is 1.86. The van der Waals surface area contributed by atoms with E-state index in [1.54, 1.807) is 12.1 Å². The summed E-state index contributed by atoms with van der Waals surface area (Å²) in [6, 6.07) is 10.4. The summed E-state index contributed by atoms with van der Waals surface area (Å²) >= 11 is 6.24. The van der Waals surface area contributed by atoms with Crippen molar-refractivity contribution in [2.45, 2.75) is 20.0 Å². The van der Waals surface area contributed by atoms with Gasteiger partial charge in [-0.25, -0.2) is 9.59 Å². The van der Waals surface area contributed by atoms with E-state index in [1.165, 1.54) is 30.3 Å². The third-order valence-corrected chi connectivity index (χ3v) is 4.19. The molecule has 0 fully saturated rings. The van der Waals surface area contributed by atoms with Crippen LogP contribution in [0.15, 0.2) is 51.7 Å². The van der Waals surface area contributed by atoms with Gasteiger partial charge in [0.05, 0.1) is 5.56 Å². The SMILES string of the molecule is CCc1cc2oc(=O)cc(COC(=O)c3ccc(O)cc3)c2cc1Cl. The summed E-state index contributed by atoms with van der Waals surface area (Å²) < 4.78 is 10.5. The number of hydrogen-bond acceptors (Lipinski definition) is 5. The Morgan fingerprint density at radius 1 is 1.16 bits per heavy atom. The minimum absolute atomic E-state index is 0.0598. The highest BCUT2D eigenvalue weighted by Crippen LogP contribution is 2.26. The van der Waals surface area contributed by atoms with Gasteiger partial charge in [0, 0.05) is 22.0 Å². The lowest BCUT2D eigenvalue weighted by molar-refractivity contribution is 0.0474. The topological polar surface area (TPSA) is 76.7 Å². The third kappa shape index (κ3) is 3.67. The van der Waals surface area contributed by atoms with Crippen LogP contribution in [0.2, 0.25) is 5.02 Å². The number of rotatable bonds is 4. The lowest BCUT2D eigenvalue weighted by Gasteiger charge is -2.09. The van der Waals surface area contributed by atoms with E-state index < -0.39 is 11.6 Å².